The second kappa shape index (κ2) is 9.43. The van der Waals surface area contributed by atoms with E-state index in [0.717, 1.165) is 12.0 Å². The molecule has 0 heterocycles. The van der Waals surface area contributed by atoms with Gasteiger partial charge in [0.05, 0.1) is 0 Å². The highest BCUT2D eigenvalue weighted by atomic mass is 19.2. The highest BCUT2D eigenvalue weighted by Gasteiger charge is 2.22. The Bertz CT molecular complexity index is 728. The van der Waals surface area contributed by atoms with Gasteiger partial charge in [-0.05, 0) is 60.8 Å². The molecule has 27 heavy (non-hydrogen) atoms. The van der Waals surface area contributed by atoms with Crippen molar-refractivity contribution in [2.24, 2.45) is 5.92 Å². The van der Waals surface area contributed by atoms with Crippen molar-refractivity contribution in [1.29, 1.82) is 0 Å². The zero-order valence-electron chi connectivity index (χ0n) is 16.1. The summed E-state index contributed by atoms with van der Waals surface area (Å²) < 4.78 is 40.6. The van der Waals surface area contributed by atoms with Gasteiger partial charge in [0, 0.05) is 5.56 Å². The molecular weight excluding hydrogens is 345 g/mol. The Morgan fingerprint density at radius 3 is 2.15 bits per heavy atom. The summed E-state index contributed by atoms with van der Waals surface area (Å²) in [4.78, 5) is 0. The number of hydrogen-bond acceptors (Lipinski definition) is 0. The van der Waals surface area contributed by atoms with E-state index < -0.39 is 17.5 Å². The largest absolute Gasteiger partial charge is 0.204 e. The lowest BCUT2D eigenvalue weighted by Gasteiger charge is -2.29. The van der Waals surface area contributed by atoms with Crippen LogP contribution in [0.1, 0.15) is 76.2 Å². The molecule has 0 unspecified atom stereocenters. The van der Waals surface area contributed by atoms with Crippen LogP contribution in [0.3, 0.4) is 0 Å². The maximum atomic E-state index is 14.0. The summed E-state index contributed by atoms with van der Waals surface area (Å²) in [6.07, 6.45) is 11.7. The number of halogens is 3. The third-order valence-electron chi connectivity index (χ3n) is 6.04. The molecular formula is C24H29F3. The molecule has 1 aliphatic rings. The highest BCUT2D eigenvalue weighted by Crippen LogP contribution is 2.38. The van der Waals surface area contributed by atoms with Crippen molar-refractivity contribution in [1.82, 2.24) is 0 Å². The standard InChI is InChI=1S/C24H29F3/c1-2-3-4-5-6-17-7-9-18(10-8-17)19-11-13-20(14-12-19)21-15-16-22(25)24(27)23(21)26/h11-18H,2-10H2,1H3/t17-,18-. The van der Waals surface area contributed by atoms with Gasteiger partial charge in [-0.25, -0.2) is 13.2 Å². The summed E-state index contributed by atoms with van der Waals surface area (Å²) in [6, 6.07) is 9.95. The molecule has 1 aliphatic carbocycles. The summed E-state index contributed by atoms with van der Waals surface area (Å²) in [6.45, 7) is 2.25. The van der Waals surface area contributed by atoms with Crippen molar-refractivity contribution in [3.63, 3.8) is 0 Å². The second-order valence-electron chi connectivity index (χ2n) is 7.91. The molecule has 0 atom stereocenters. The third kappa shape index (κ3) is 4.94. The van der Waals surface area contributed by atoms with Crippen molar-refractivity contribution < 1.29 is 13.2 Å². The minimum Gasteiger partial charge on any atom is -0.204 e. The molecule has 1 saturated carbocycles. The van der Waals surface area contributed by atoms with Gasteiger partial charge >= 0.3 is 0 Å². The van der Waals surface area contributed by atoms with Crippen LogP contribution in [0.4, 0.5) is 13.2 Å². The third-order valence-corrected chi connectivity index (χ3v) is 6.04. The molecule has 0 nitrogen and oxygen atoms in total. The number of hydrogen-bond donors (Lipinski definition) is 0. The van der Waals surface area contributed by atoms with Gasteiger partial charge in [-0.2, -0.15) is 0 Å². The molecule has 0 N–H and O–H groups in total. The predicted molar refractivity (Wildman–Crippen MR) is 105 cm³/mol. The van der Waals surface area contributed by atoms with E-state index in [1.807, 2.05) is 24.3 Å². The van der Waals surface area contributed by atoms with E-state index in [9.17, 15) is 13.2 Å². The summed E-state index contributed by atoms with van der Waals surface area (Å²) in [5, 5.41) is 0. The Hall–Kier alpha value is -1.77. The van der Waals surface area contributed by atoms with Gasteiger partial charge in [-0.15, -0.1) is 0 Å². The summed E-state index contributed by atoms with van der Waals surface area (Å²) in [5.74, 6) is -2.26. The minimum absolute atomic E-state index is 0.108. The SMILES string of the molecule is CCCCCC[C@H]1CC[C@H](c2ccc(-c3ccc(F)c(F)c3F)cc2)CC1. The molecule has 0 aromatic heterocycles. The van der Waals surface area contributed by atoms with E-state index in [1.54, 1.807) is 0 Å². The molecule has 0 saturated heterocycles. The molecule has 0 aliphatic heterocycles. The summed E-state index contributed by atoms with van der Waals surface area (Å²) >= 11 is 0. The highest BCUT2D eigenvalue weighted by molar-refractivity contribution is 5.64. The van der Waals surface area contributed by atoms with Gasteiger partial charge in [0.1, 0.15) is 0 Å². The van der Waals surface area contributed by atoms with Gasteiger partial charge < -0.3 is 0 Å². The zero-order chi connectivity index (χ0) is 19.2. The van der Waals surface area contributed by atoms with E-state index in [2.05, 4.69) is 6.92 Å². The number of rotatable bonds is 7. The van der Waals surface area contributed by atoms with E-state index in [-0.39, 0.29) is 5.56 Å². The van der Waals surface area contributed by atoms with Gasteiger partial charge in [0.2, 0.25) is 0 Å². The van der Waals surface area contributed by atoms with Crippen molar-refractivity contribution in [3.05, 3.63) is 59.4 Å². The Morgan fingerprint density at radius 2 is 1.48 bits per heavy atom. The first kappa shape index (κ1) is 20.0. The quantitative estimate of drug-likeness (QED) is 0.340. The molecule has 0 amide bonds. The van der Waals surface area contributed by atoms with Gasteiger partial charge in [-0.3, -0.25) is 0 Å². The fraction of sp³-hybridized carbons (Fsp3) is 0.500. The first-order valence-electron chi connectivity index (χ1n) is 10.3. The average Bonchev–Trinajstić information content (AvgIpc) is 2.70. The fourth-order valence-corrected chi connectivity index (χ4v) is 4.33. The van der Waals surface area contributed by atoms with E-state index >= 15 is 0 Å². The molecule has 0 bridgehead atoms. The van der Waals surface area contributed by atoms with Crippen LogP contribution in [0.2, 0.25) is 0 Å². The van der Waals surface area contributed by atoms with Crippen LogP contribution in [0.5, 0.6) is 0 Å². The molecule has 2 aromatic rings. The molecule has 2 aromatic carbocycles. The number of unbranched alkanes of at least 4 members (excludes halogenated alkanes) is 3. The Labute approximate surface area is 160 Å². The monoisotopic (exact) mass is 374 g/mol. The minimum atomic E-state index is -1.41. The first-order valence-corrected chi connectivity index (χ1v) is 10.3. The molecule has 1 fully saturated rings. The topological polar surface area (TPSA) is 0 Å². The van der Waals surface area contributed by atoms with E-state index in [1.165, 1.54) is 69.4 Å². The van der Waals surface area contributed by atoms with Crippen LogP contribution in [0.15, 0.2) is 36.4 Å². The lowest BCUT2D eigenvalue weighted by Crippen LogP contribution is -2.13. The maximum absolute atomic E-state index is 14.0. The van der Waals surface area contributed by atoms with Gasteiger partial charge in [0.25, 0.3) is 0 Å². The molecule has 3 heteroatoms. The Balaban J connectivity index is 1.58. The van der Waals surface area contributed by atoms with Crippen LogP contribution in [0, 0.1) is 23.4 Å². The van der Waals surface area contributed by atoms with Gasteiger partial charge in [-0.1, -0.05) is 63.3 Å². The van der Waals surface area contributed by atoms with Crippen LogP contribution in [-0.2, 0) is 0 Å². The van der Waals surface area contributed by atoms with Crippen LogP contribution in [-0.4, -0.2) is 0 Å². The first-order chi connectivity index (χ1) is 13.1. The maximum Gasteiger partial charge on any atom is 0.195 e. The lowest BCUT2D eigenvalue weighted by atomic mass is 9.77. The molecule has 0 spiro atoms. The van der Waals surface area contributed by atoms with Crippen LogP contribution < -0.4 is 0 Å². The number of benzene rings is 2. The molecule has 0 radical (unpaired) electrons. The van der Waals surface area contributed by atoms with E-state index in [0.29, 0.717) is 11.5 Å². The predicted octanol–water partition coefficient (Wildman–Crippen LogP) is 8.02. The van der Waals surface area contributed by atoms with Crippen molar-refractivity contribution in [2.45, 2.75) is 70.6 Å². The van der Waals surface area contributed by atoms with Gasteiger partial charge in [0.15, 0.2) is 17.5 Å². The molecule has 3 rings (SSSR count). The summed E-state index contributed by atoms with van der Waals surface area (Å²) in [5.41, 5.74) is 1.96. The smallest absolute Gasteiger partial charge is 0.195 e. The van der Waals surface area contributed by atoms with Crippen LogP contribution >= 0.6 is 0 Å². The van der Waals surface area contributed by atoms with E-state index in [4.69, 9.17) is 0 Å². The Kier molecular flexibility index (Phi) is 6.98. The van der Waals surface area contributed by atoms with Crippen LogP contribution in [0.25, 0.3) is 11.1 Å². The summed E-state index contributed by atoms with van der Waals surface area (Å²) in [7, 11) is 0. The van der Waals surface area contributed by atoms with Crippen molar-refractivity contribution in [2.75, 3.05) is 0 Å². The second-order valence-corrected chi connectivity index (χ2v) is 7.91. The lowest BCUT2D eigenvalue weighted by molar-refractivity contribution is 0.302. The average molecular weight is 374 g/mol. The Morgan fingerprint density at radius 1 is 0.778 bits per heavy atom. The molecule has 146 valence electrons. The zero-order valence-corrected chi connectivity index (χ0v) is 16.1. The fourth-order valence-electron chi connectivity index (χ4n) is 4.33. The van der Waals surface area contributed by atoms with Crippen molar-refractivity contribution >= 4 is 0 Å². The van der Waals surface area contributed by atoms with Crippen molar-refractivity contribution in [3.8, 4) is 11.1 Å². The normalized spacial score (nSPS) is 20.0.